The minimum Gasteiger partial charge on any atom is -0.207 e. The Morgan fingerprint density at radius 2 is 1.61 bits per heavy atom. The quantitative estimate of drug-likeness (QED) is 0.727. The molecule has 0 amide bonds. The molecule has 1 N–H and O–H groups in total. The Hall–Kier alpha value is -1.66. The van der Waals surface area contributed by atoms with Crippen molar-refractivity contribution < 1.29 is 8.42 Å². The normalized spacial score (nSPS) is 12.9. The number of halogens is 1. The van der Waals surface area contributed by atoms with Crippen LogP contribution in [0.1, 0.15) is 16.5 Å². The third-order valence-electron chi connectivity index (χ3n) is 3.36. The van der Waals surface area contributed by atoms with Crippen molar-refractivity contribution >= 4 is 33.0 Å². The summed E-state index contributed by atoms with van der Waals surface area (Å²) < 4.78 is 28.1. The van der Waals surface area contributed by atoms with E-state index in [0.717, 1.165) is 10.4 Å². The Kier molecular flexibility index (Phi) is 4.82. The molecule has 1 atom stereocenters. The second-order valence-corrected chi connectivity index (χ2v) is 8.06. The number of hydrogen-bond donors (Lipinski definition) is 1. The molecule has 0 aliphatic rings. The van der Waals surface area contributed by atoms with Gasteiger partial charge in [-0.2, -0.15) is 4.72 Å². The van der Waals surface area contributed by atoms with Crippen molar-refractivity contribution in [3.8, 4) is 0 Å². The molecule has 0 bridgehead atoms. The fourth-order valence-corrected chi connectivity index (χ4v) is 4.44. The Morgan fingerprint density at radius 1 is 0.913 bits per heavy atom. The Morgan fingerprint density at radius 3 is 2.22 bits per heavy atom. The maximum absolute atomic E-state index is 12.7. The number of rotatable bonds is 5. The van der Waals surface area contributed by atoms with Gasteiger partial charge in [-0.15, -0.1) is 11.3 Å². The molecule has 118 valence electrons. The summed E-state index contributed by atoms with van der Waals surface area (Å²) >= 11 is 7.35. The zero-order valence-corrected chi connectivity index (χ0v) is 14.4. The topological polar surface area (TPSA) is 46.2 Å². The molecule has 0 aliphatic heterocycles. The molecule has 0 saturated heterocycles. The van der Waals surface area contributed by atoms with Crippen LogP contribution in [0.15, 0.2) is 77.0 Å². The molecule has 3 aromatic rings. The molecule has 23 heavy (non-hydrogen) atoms. The van der Waals surface area contributed by atoms with Gasteiger partial charge in [0.1, 0.15) is 0 Å². The van der Waals surface area contributed by atoms with Crippen molar-refractivity contribution in [3.63, 3.8) is 0 Å². The van der Waals surface area contributed by atoms with Crippen LogP contribution in [0.2, 0.25) is 5.02 Å². The molecule has 3 rings (SSSR count). The van der Waals surface area contributed by atoms with E-state index in [0.29, 0.717) is 5.02 Å². The van der Waals surface area contributed by atoms with E-state index in [1.165, 1.54) is 23.5 Å². The smallest absolute Gasteiger partial charge is 0.207 e. The molecule has 6 heteroatoms. The lowest BCUT2D eigenvalue weighted by Gasteiger charge is -2.18. The molecule has 0 spiro atoms. The van der Waals surface area contributed by atoms with Gasteiger partial charge in [-0.3, -0.25) is 0 Å². The minimum absolute atomic E-state index is 0.194. The second kappa shape index (κ2) is 6.84. The average Bonchev–Trinajstić information content (AvgIpc) is 3.08. The lowest BCUT2D eigenvalue weighted by atomic mass is 10.1. The van der Waals surface area contributed by atoms with Crippen LogP contribution in [-0.4, -0.2) is 8.42 Å². The Bertz CT molecular complexity index is 861. The molecule has 1 aromatic heterocycles. The average molecular weight is 364 g/mol. The van der Waals surface area contributed by atoms with Crippen molar-refractivity contribution in [1.82, 2.24) is 4.72 Å². The van der Waals surface area contributed by atoms with Gasteiger partial charge in [0.05, 0.1) is 10.9 Å². The minimum atomic E-state index is -3.65. The van der Waals surface area contributed by atoms with Crippen molar-refractivity contribution in [2.24, 2.45) is 0 Å². The molecule has 0 unspecified atom stereocenters. The van der Waals surface area contributed by atoms with E-state index in [1.807, 2.05) is 47.8 Å². The fraction of sp³-hybridized carbons (Fsp3) is 0.0588. The van der Waals surface area contributed by atoms with E-state index in [4.69, 9.17) is 11.6 Å². The van der Waals surface area contributed by atoms with Crippen LogP contribution in [0.5, 0.6) is 0 Å². The lowest BCUT2D eigenvalue weighted by Crippen LogP contribution is -2.28. The monoisotopic (exact) mass is 363 g/mol. The summed E-state index contributed by atoms with van der Waals surface area (Å²) in [7, 11) is -3.65. The van der Waals surface area contributed by atoms with Gasteiger partial charge >= 0.3 is 0 Å². The van der Waals surface area contributed by atoms with Crippen molar-refractivity contribution in [2.45, 2.75) is 10.9 Å². The highest BCUT2D eigenvalue weighted by Crippen LogP contribution is 2.28. The van der Waals surface area contributed by atoms with E-state index >= 15 is 0 Å². The molecule has 3 nitrogen and oxygen atoms in total. The molecule has 0 fully saturated rings. The van der Waals surface area contributed by atoms with Crippen molar-refractivity contribution in [2.75, 3.05) is 0 Å². The van der Waals surface area contributed by atoms with Gasteiger partial charge in [0.25, 0.3) is 0 Å². The first-order valence-electron chi connectivity index (χ1n) is 6.92. The summed E-state index contributed by atoms with van der Waals surface area (Å²) in [6.07, 6.45) is 0. The summed E-state index contributed by atoms with van der Waals surface area (Å²) in [6.45, 7) is 0. The summed E-state index contributed by atoms with van der Waals surface area (Å²) in [5, 5.41) is 2.43. The number of nitrogens with one attached hydrogen (secondary N) is 1. The van der Waals surface area contributed by atoms with Crippen LogP contribution in [0, 0.1) is 0 Å². The third-order valence-corrected chi connectivity index (χ3v) is 5.99. The third kappa shape index (κ3) is 3.82. The van der Waals surface area contributed by atoms with Crippen LogP contribution in [0.4, 0.5) is 0 Å². The molecule has 0 radical (unpaired) electrons. The van der Waals surface area contributed by atoms with Crippen LogP contribution in [0.3, 0.4) is 0 Å². The van der Waals surface area contributed by atoms with Crippen molar-refractivity contribution in [1.29, 1.82) is 0 Å². The van der Waals surface area contributed by atoms with E-state index in [-0.39, 0.29) is 4.90 Å². The molecular formula is C17H14ClNO2S2. The summed E-state index contributed by atoms with van der Waals surface area (Å²) in [5.41, 5.74) is 0.896. The first-order valence-corrected chi connectivity index (χ1v) is 9.66. The maximum atomic E-state index is 12.7. The van der Waals surface area contributed by atoms with Gasteiger partial charge in [-0.1, -0.05) is 48.0 Å². The summed E-state index contributed by atoms with van der Waals surface area (Å²) in [4.78, 5) is 1.13. The van der Waals surface area contributed by atoms with E-state index < -0.39 is 16.1 Å². The van der Waals surface area contributed by atoms with Gasteiger partial charge in [0.15, 0.2) is 0 Å². The Balaban J connectivity index is 1.97. The van der Waals surface area contributed by atoms with Crippen LogP contribution < -0.4 is 4.72 Å². The Labute approximate surface area is 144 Å². The highest BCUT2D eigenvalue weighted by Gasteiger charge is 2.23. The van der Waals surface area contributed by atoms with Gasteiger partial charge in [-0.25, -0.2) is 8.42 Å². The zero-order chi connectivity index (χ0) is 16.3. The molecule has 0 aliphatic carbocycles. The van der Waals surface area contributed by atoms with Gasteiger partial charge in [0, 0.05) is 9.90 Å². The standard InChI is InChI=1S/C17H14ClNO2S2/c18-14-8-10-15(11-9-14)23(20,21)19-17(16-7-4-12-22-16)13-5-2-1-3-6-13/h1-12,17,19H/t17-/m1/s1. The second-order valence-electron chi connectivity index (χ2n) is 4.93. The maximum Gasteiger partial charge on any atom is 0.241 e. The summed E-state index contributed by atoms with van der Waals surface area (Å²) in [6, 6.07) is 19.1. The van der Waals surface area contributed by atoms with E-state index in [1.54, 1.807) is 12.1 Å². The number of hydrogen-bond acceptors (Lipinski definition) is 3. The largest absolute Gasteiger partial charge is 0.241 e. The zero-order valence-electron chi connectivity index (χ0n) is 12.0. The number of thiophene rings is 1. The first-order chi connectivity index (χ1) is 11.1. The van der Waals surface area contributed by atoms with Gasteiger partial charge < -0.3 is 0 Å². The van der Waals surface area contributed by atoms with Gasteiger partial charge in [0.2, 0.25) is 10.0 Å². The van der Waals surface area contributed by atoms with E-state index in [9.17, 15) is 8.42 Å². The summed E-state index contributed by atoms with van der Waals surface area (Å²) in [5.74, 6) is 0. The highest BCUT2D eigenvalue weighted by atomic mass is 35.5. The molecule has 2 aromatic carbocycles. The predicted molar refractivity (Wildman–Crippen MR) is 94.4 cm³/mol. The number of sulfonamides is 1. The van der Waals surface area contributed by atoms with E-state index in [2.05, 4.69) is 4.72 Å². The molecule has 1 heterocycles. The van der Waals surface area contributed by atoms with Crippen LogP contribution >= 0.6 is 22.9 Å². The first kappa shape index (κ1) is 16.2. The highest BCUT2D eigenvalue weighted by molar-refractivity contribution is 7.89. The lowest BCUT2D eigenvalue weighted by molar-refractivity contribution is 0.573. The SMILES string of the molecule is O=S(=O)(N[C@H](c1ccccc1)c1cccs1)c1ccc(Cl)cc1. The van der Waals surface area contributed by atoms with Crippen LogP contribution in [-0.2, 0) is 10.0 Å². The van der Waals surface area contributed by atoms with Gasteiger partial charge in [-0.05, 0) is 41.3 Å². The van der Waals surface area contributed by atoms with Crippen LogP contribution in [0.25, 0.3) is 0 Å². The van der Waals surface area contributed by atoms with Crippen molar-refractivity contribution in [3.05, 3.63) is 87.6 Å². The number of benzene rings is 2. The molecular weight excluding hydrogens is 350 g/mol. The molecule has 0 saturated carbocycles. The predicted octanol–water partition coefficient (Wildman–Crippen LogP) is 4.47. The fourth-order valence-electron chi connectivity index (χ4n) is 2.23.